The van der Waals surface area contributed by atoms with Crippen molar-refractivity contribution in [3.63, 3.8) is 0 Å². The van der Waals surface area contributed by atoms with Crippen LogP contribution in [0.25, 0.3) is 11.0 Å². The molecule has 3 nitrogen and oxygen atoms in total. The maximum atomic E-state index is 10.6. The number of rotatable bonds is 3. The third-order valence-electron chi connectivity index (χ3n) is 2.63. The molecule has 0 radical (unpaired) electrons. The average Bonchev–Trinajstić information content (AvgIpc) is 2.70. The van der Waals surface area contributed by atoms with E-state index < -0.39 is 0 Å². The SMILES string of the molecule is CC(c1cc2ccccc2o1)N(C)C=O. The van der Waals surface area contributed by atoms with Gasteiger partial charge in [0.2, 0.25) is 6.41 Å². The Labute approximate surface area is 88.3 Å². The minimum absolute atomic E-state index is 0.0325. The third kappa shape index (κ3) is 1.73. The van der Waals surface area contributed by atoms with Gasteiger partial charge >= 0.3 is 0 Å². The highest BCUT2D eigenvalue weighted by Crippen LogP contribution is 2.25. The Morgan fingerprint density at radius 2 is 2.13 bits per heavy atom. The summed E-state index contributed by atoms with van der Waals surface area (Å²) in [5.74, 6) is 0.811. The van der Waals surface area contributed by atoms with E-state index in [1.807, 2.05) is 37.3 Å². The fourth-order valence-electron chi connectivity index (χ4n) is 1.50. The Balaban J connectivity index is 2.40. The molecule has 78 valence electrons. The molecule has 2 aromatic rings. The molecular formula is C12H13NO2. The number of nitrogens with zero attached hydrogens (tertiary/aromatic N) is 1. The smallest absolute Gasteiger partial charge is 0.210 e. The molecule has 0 saturated heterocycles. The number of hydrogen-bond donors (Lipinski definition) is 0. The second-order valence-electron chi connectivity index (χ2n) is 3.63. The van der Waals surface area contributed by atoms with E-state index in [0.29, 0.717) is 0 Å². The first-order valence-corrected chi connectivity index (χ1v) is 4.88. The zero-order valence-corrected chi connectivity index (χ0v) is 8.81. The first-order valence-electron chi connectivity index (χ1n) is 4.88. The van der Waals surface area contributed by atoms with Gasteiger partial charge in [-0.1, -0.05) is 18.2 Å². The number of hydrogen-bond acceptors (Lipinski definition) is 2. The van der Waals surface area contributed by atoms with Crippen LogP contribution in [0.5, 0.6) is 0 Å². The second kappa shape index (κ2) is 3.77. The summed E-state index contributed by atoms with van der Waals surface area (Å²) in [4.78, 5) is 12.2. The first-order chi connectivity index (χ1) is 7.22. The molecular weight excluding hydrogens is 190 g/mol. The summed E-state index contributed by atoms with van der Waals surface area (Å²) in [6.45, 7) is 1.94. The van der Waals surface area contributed by atoms with Crippen molar-refractivity contribution in [2.75, 3.05) is 7.05 Å². The molecule has 1 unspecified atom stereocenters. The van der Waals surface area contributed by atoms with Crippen LogP contribution in [0.15, 0.2) is 34.7 Å². The molecule has 1 aromatic carbocycles. The molecule has 1 atom stereocenters. The lowest BCUT2D eigenvalue weighted by Gasteiger charge is -2.17. The van der Waals surface area contributed by atoms with Crippen molar-refractivity contribution in [1.82, 2.24) is 4.90 Å². The molecule has 0 bridgehead atoms. The van der Waals surface area contributed by atoms with E-state index in [2.05, 4.69) is 0 Å². The summed E-state index contributed by atoms with van der Waals surface area (Å²) in [6.07, 6.45) is 0.803. The fraction of sp³-hybridized carbons (Fsp3) is 0.250. The molecule has 1 heterocycles. The number of furan rings is 1. The molecule has 0 fully saturated rings. The largest absolute Gasteiger partial charge is 0.459 e. The van der Waals surface area contributed by atoms with Crippen LogP contribution in [0.4, 0.5) is 0 Å². The topological polar surface area (TPSA) is 33.5 Å². The van der Waals surface area contributed by atoms with E-state index in [4.69, 9.17) is 4.42 Å². The van der Waals surface area contributed by atoms with Crippen molar-refractivity contribution in [2.24, 2.45) is 0 Å². The van der Waals surface area contributed by atoms with Crippen LogP contribution in [0.2, 0.25) is 0 Å². The summed E-state index contributed by atoms with van der Waals surface area (Å²) in [6, 6.07) is 9.76. The average molecular weight is 203 g/mol. The summed E-state index contributed by atoms with van der Waals surface area (Å²) in [5.41, 5.74) is 0.860. The van der Waals surface area contributed by atoms with Gasteiger partial charge < -0.3 is 9.32 Å². The molecule has 3 heteroatoms. The molecule has 0 spiro atoms. The van der Waals surface area contributed by atoms with Gasteiger partial charge in [0.25, 0.3) is 0 Å². The number of fused-ring (bicyclic) bond motifs is 1. The summed E-state index contributed by atoms with van der Waals surface area (Å²) in [5, 5.41) is 1.07. The van der Waals surface area contributed by atoms with Gasteiger partial charge in [-0.05, 0) is 19.1 Å². The van der Waals surface area contributed by atoms with E-state index in [1.165, 1.54) is 0 Å². The second-order valence-corrected chi connectivity index (χ2v) is 3.63. The summed E-state index contributed by atoms with van der Waals surface area (Å²) in [7, 11) is 1.74. The van der Waals surface area contributed by atoms with Crippen molar-refractivity contribution in [2.45, 2.75) is 13.0 Å². The molecule has 0 saturated carbocycles. The fourth-order valence-corrected chi connectivity index (χ4v) is 1.50. The molecule has 0 aliphatic heterocycles. The van der Waals surface area contributed by atoms with Crippen molar-refractivity contribution >= 4 is 17.4 Å². The highest BCUT2D eigenvalue weighted by atomic mass is 16.3. The van der Waals surface area contributed by atoms with Crippen LogP contribution >= 0.6 is 0 Å². The van der Waals surface area contributed by atoms with Crippen molar-refractivity contribution in [3.8, 4) is 0 Å². The lowest BCUT2D eigenvalue weighted by molar-refractivity contribution is -0.118. The third-order valence-corrected chi connectivity index (χ3v) is 2.63. The Morgan fingerprint density at radius 3 is 2.80 bits per heavy atom. The lowest BCUT2D eigenvalue weighted by atomic mass is 10.2. The van der Waals surface area contributed by atoms with Gasteiger partial charge in [-0.25, -0.2) is 0 Å². The number of amides is 1. The molecule has 1 amide bonds. The van der Waals surface area contributed by atoms with E-state index in [-0.39, 0.29) is 6.04 Å². The van der Waals surface area contributed by atoms with E-state index in [9.17, 15) is 4.79 Å². The Kier molecular flexibility index (Phi) is 2.46. The van der Waals surface area contributed by atoms with Crippen LogP contribution in [0.1, 0.15) is 18.7 Å². The van der Waals surface area contributed by atoms with Crippen molar-refractivity contribution < 1.29 is 9.21 Å². The Hall–Kier alpha value is -1.77. The number of carbonyl (C=O) groups is 1. The van der Waals surface area contributed by atoms with Crippen molar-refractivity contribution in [1.29, 1.82) is 0 Å². The standard InChI is InChI=1S/C12H13NO2/c1-9(13(2)8-14)12-7-10-5-3-4-6-11(10)15-12/h3-9H,1-2H3. The molecule has 0 aliphatic rings. The predicted molar refractivity (Wildman–Crippen MR) is 58.5 cm³/mol. The highest BCUT2D eigenvalue weighted by molar-refractivity contribution is 5.77. The van der Waals surface area contributed by atoms with Crippen LogP contribution in [-0.2, 0) is 4.79 Å². The van der Waals surface area contributed by atoms with Gasteiger partial charge in [-0.3, -0.25) is 4.79 Å². The Bertz CT molecular complexity index is 442. The number of benzene rings is 1. The quantitative estimate of drug-likeness (QED) is 0.718. The van der Waals surface area contributed by atoms with Gasteiger partial charge in [0, 0.05) is 12.4 Å². The van der Waals surface area contributed by atoms with Crippen molar-refractivity contribution in [3.05, 3.63) is 36.1 Å². The maximum absolute atomic E-state index is 10.6. The van der Waals surface area contributed by atoms with E-state index in [0.717, 1.165) is 23.1 Å². The minimum atomic E-state index is -0.0325. The Morgan fingerprint density at radius 1 is 1.40 bits per heavy atom. The predicted octanol–water partition coefficient (Wildman–Crippen LogP) is 2.58. The number of carbonyl (C=O) groups excluding carboxylic acids is 1. The zero-order chi connectivity index (χ0) is 10.8. The number of para-hydroxylation sites is 1. The monoisotopic (exact) mass is 203 g/mol. The summed E-state index contributed by atoms with van der Waals surface area (Å²) >= 11 is 0. The van der Waals surface area contributed by atoms with Gasteiger partial charge in [0.15, 0.2) is 0 Å². The highest BCUT2D eigenvalue weighted by Gasteiger charge is 2.14. The van der Waals surface area contributed by atoms with Gasteiger partial charge in [0.1, 0.15) is 11.3 Å². The maximum Gasteiger partial charge on any atom is 0.210 e. The molecule has 1 aromatic heterocycles. The minimum Gasteiger partial charge on any atom is -0.459 e. The zero-order valence-electron chi connectivity index (χ0n) is 8.81. The molecule has 0 aliphatic carbocycles. The van der Waals surface area contributed by atoms with Crippen LogP contribution in [0.3, 0.4) is 0 Å². The molecule has 2 rings (SSSR count). The van der Waals surface area contributed by atoms with Crippen LogP contribution in [-0.4, -0.2) is 18.4 Å². The first kappa shape index (κ1) is 9.77. The molecule has 15 heavy (non-hydrogen) atoms. The molecule has 0 N–H and O–H groups in total. The summed E-state index contributed by atoms with van der Waals surface area (Å²) < 4.78 is 5.65. The van der Waals surface area contributed by atoms with Gasteiger partial charge in [0.05, 0.1) is 6.04 Å². The van der Waals surface area contributed by atoms with E-state index in [1.54, 1.807) is 11.9 Å². The van der Waals surface area contributed by atoms with Crippen LogP contribution in [0, 0.1) is 0 Å². The van der Waals surface area contributed by atoms with Gasteiger partial charge in [-0.15, -0.1) is 0 Å². The lowest BCUT2D eigenvalue weighted by Crippen LogP contribution is -2.19. The van der Waals surface area contributed by atoms with E-state index >= 15 is 0 Å². The van der Waals surface area contributed by atoms with Crippen LogP contribution < -0.4 is 0 Å². The van der Waals surface area contributed by atoms with Gasteiger partial charge in [-0.2, -0.15) is 0 Å². The normalized spacial score (nSPS) is 12.7.